The number of hydrogen-bond acceptors (Lipinski definition) is 4. The zero-order valence-electron chi connectivity index (χ0n) is 7.45. The van der Waals surface area contributed by atoms with Gasteiger partial charge < -0.3 is 5.32 Å². The summed E-state index contributed by atoms with van der Waals surface area (Å²) in [6.07, 6.45) is 3.72. The summed E-state index contributed by atoms with van der Waals surface area (Å²) < 4.78 is 0. The molecule has 1 saturated carbocycles. The number of nitrogens with one attached hydrogen (secondary N) is 2. The van der Waals surface area contributed by atoms with Crippen molar-refractivity contribution in [3.63, 3.8) is 0 Å². The Hall–Kier alpha value is -0.640. The minimum atomic E-state index is 0.470. The van der Waals surface area contributed by atoms with Gasteiger partial charge in [-0.1, -0.05) is 5.22 Å². The fourth-order valence-electron chi connectivity index (χ4n) is 2.17. The van der Waals surface area contributed by atoms with Gasteiger partial charge in [0.15, 0.2) is 0 Å². The van der Waals surface area contributed by atoms with Crippen LogP contribution < -0.4 is 10.7 Å². The zero-order valence-corrected chi connectivity index (χ0v) is 7.45. The van der Waals surface area contributed by atoms with Crippen molar-refractivity contribution in [2.45, 2.75) is 31.3 Å². The highest BCUT2D eigenvalue weighted by Gasteiger charge is 2.32. The van der Waals surface area contributed by atoms with Crippen LogP contribution in [0.1, 0.15) is 19.3 Å². The average Bonchev–Trinajstić information content (AvgIpc) is 2.51. The Labute approximate surface area is 72.8 Å². The molecule has 0 amide bonds. The molecular weight excluding hydrogens is 152 g/mol. The smallest absolute Gasteiger partial charge is 0.0947 e. The molecule has 2 N–H and O–H groups in total. The van der Waals surface area contributed by atoms with E-state index >= 15 is 0 Å². The van der Waals surface area contributed by atoms with Gasteiger partial charge in [0.2, 0.25) is 0 Å². The van der Waals surface area contributed by atoms with Gasteiger partial charge in [0.1, 0.15) is 0 Å². The molecule has 0 bridgehead atoms. The SMILES string of the molecule is CNCC1CCC2N=NNC2C1. The second-order valence-corrected chi connectivity index (χ2v) is 3.76. The average molecular weight is 168 g/mol. The van der Waals surface area contributed by atoms with E-state index in [1.165, 1.54) is 19.3 Å². The van der Waals surface area contributed by atoms with E-state index in [1.54, 1.807) is 0 Å². The quantitative estimate of drug-likeness (QED) is 0.638. The molecule has 0 spiro atoms. The van der Waals surface area contributed by atoms with Crippen LogP contribution in [-0.4, -0.2) is 25.7 Å². The van der Waals surface area contributed by atoms with Crippen molar-refractivity contribution in [3.8, 4) is 0 Å². The molecule has 68 valence electrons. The monoisotopic (exact) mass is 168 g/mol. The Morgan fingerprint density at radius 3 is 3.25 bits per heavy atom. The summed E-state index contributed by atoms with van der Waals surface area (Å²) in [6.45, 7) is 1.13. The fraction of sp³-hybridized carbons (Fsp3) is 1.00. The minimum Gasteiger partial charge on any atom is -0.319 e. The predicted molar refractivity (Wildman–Crippen MR) is 46.8 cm³/mol. The first-order chi connectivity index (χ1) is 5.90. The van der Waals surface area contributed by atoms with E-state index in [9.17, 15) is 0 Å². The molecule has 2 rings (SSSR count). The van der Waals surface area contributed by atoms with Crippen LogP contribution in [0.2, 0.25) is 0 Å². The van der Waals surface area contributed by atoms with Crippen molar-refractivity contribution in [3.05, 3.63) is 0 Å². The van der Waals surface area contributed by atoms with Crippen LogP contribution in [0.25, 0.3) is 0 Å². The zero-order chi connectivity index (χ0) is 8.39. The van der Waals surface area contributed by atoms with Crippen LogP contribution in [0.3, 0.4) is 0 Å². The van der Waals surface area contributed by atoms with Crippen LogP contribution in [0.15, 0.2) is 10.3 Å². The lowest BCUT2D eigenvalue weighted by molar-refractivity contribution is 0.281. The van der Waals surface area contributed by atoms with E-state index < -0.39 is 0 Å². The number of nitrogens with zero attached hydrogens (tertiary/aromatic N) is 2. The van der Waals surface area contributed by atoms with Gasteiger partial charge in [-0.2, -0.15) is 5.11 Å². The van der Waals surface area contributed by atoms with Crippen molar-refractivity contribution in [1.82, 2.24) is 10.7 Å². The highest BCUT2D eigenvalue weighted by atomic mass is 15.5. The summed E-state index contributed by atoms with van der Waals surface area (Å²) in [5, 5.41) is 11.3. The molecule has 1 heterocycles. The molecule has 1 aliphatic heterocycles. The third-order valence-electron chi connectivity index (χ3n) is 2.84. The first-order valence-electron chi connectivity index (χ1n) is 4.70. The van der Waals surface area contributed by atoms with Crippen LogP contribution in [0.4, 0.5) is 0 Å². The molecule has 0 aromatic heterocycles. The van der Waals surface area contributed by atoms with Crippen LogP contribution in [-0.2, 0) is 0 Å². The van der Waals surface area contributed by atoms with Crippen molar-refractivity contribution in [2.24, 2.45) is 16.3 Å². The number of rotatable bonds is 2. The van der Waals surface area contributed by atoms with E-state index in [4.69, 9.17) is 0 Å². The summed E-state index contributed by atoms with van der Waals surface area (Å²) in [7, 11) is 2.02. The van der Waals surface area contributed by atoms with Gasteiger partial charge in [-0.3, -0.25) is 5.43 Å². The molecule has 0 aromatic rings. The van der Waals surface area contributed by atoms with E-state index in [0.717, 1.165) is 12.5 Å². The van der Waals surface area contributed by atoms with Gasteiger partial charge in [0.25, 0.3) is 0 Å². The summed E-state index contributed by atoms with van der Waals surface area (Å²) in [5.74, 6) is 0.812. The lowest BCUT2D eigenvalue weighted by atomic mass is 9.83. The van der Waals surface area contributed by atoms with Gasteiger partial charge >= 0.3 is 0 Å². The van der Waals surface area contributed by atoms with E-state index in [1.807, 2.05) is 7.05 Å². The van der Waals surface area contributed by atoms with Gasteiger partial charge in [-0.25, -0.2) is 0 Å². The molecular formula is C8H16N4. The minimum absolute atomic E-state index is 0.470. The molecule has 12 heavy (non-hydrogen) atoms. The van der Waals surface area contributed by atoms with E-state index in [2.05, 4.69) is 21.1 Å². The Balaban J connectivity index is 1.86. The maximum atomic E-state index is 4.15. The molecule has 0 radical (unpaired) electrons. The van der Waals surface area contributed by atoms with E-state index in [-0.39, 0.29) is 0 Å². The molecule has 3 atom stereocenters. The maximum absolute atomic E-state index is 4.15. The molecule has 0 aromatic carbocycles. The highest BCUT2D eigenvalue weighted by molar-refractivity contribution is 4.90. The van der Waals surface area contributed by atoms with Crippen molar-refractivity contribution >= 4 is 0 Å². The third kappa shape index (κ3) is 1.43. The first kappa shape index (κ1) is 7.98. The Morgan fingerprint density at radius 2 is 2.42 bits per heavy atom. The van der Waals surface area contributed by atoms with Gasteiger partial charge in [-0.05, 0) is 38.8 Å². The van der Waals surface area contributed by atoms with E-state index in [0.29, 0.717) is 12.1 Å². The molecule has 4 nitrogen and oxygen atoms in total. The molecule has 4 heteroatoms. The molecule has 2 aliphatic rings. The Kier molecular flexibility index (Phi) is 2.26. The van der Waals surface area contributed by atoms with Crippen molar-refractivity contribution in [2.75, 3.05) is 13.6 Å². The maximum Gasteiger partial charge on any atom is 0.0947 e. The summed E-state index contributed by atoms with van der Waals surface area (Å²) in [5.41, 5.74) is 3.08. The second kappa shape index (κ2) is 3.39. The predicted octanol–water partition coefficient (Wildman–Crippen LogP) is 0.713. The Morgan fingerprint density at radius 1 is 1.50 bits per heavy atom. The van der Waals surface area contributed by atoms with Crippen LogP contribution in [0, 0.1) is 5.92 Å². The lowest BCUT2D eigenvalue weighted by Gasteiger charge is -2.28. The Bertz CT molecular complexity index is 180. The van der Waals surface area contributed by atoms with Gasteiger partial charge in [-0.15, -0.1) is 0 Å². The number of fused-ring (bicyclic) bond motifs is 1. The standard InChI is InChI=1S/C8H16N4/c1-9-5-6-2-3-7-8(4-6)11-12-10-7/h6-9H,2-5H2,1H3,(H,10,11). The summed E-state index contributed by atoms with van der Waals surface area (Å²) >= 11 is 0. The summed E-state index contributed by atoms with van der Waals surface area (Å²) in [4.78, 5) is 0. The largest absolute Gasteiger partial charge is 0.319 e. The molecule has 1 fully saturated rings. The number of hydrogen-bond donors (Lipinski definition) is 2. The molecule has 1 aliphatic carbocycles. The third-order valence-corrected chi connectivity index (χ3v) is 2.84. The summed E-state index contributed by atoms with van der Waals surface area (Å²) in [6, 6.07) is 0.996. The first-order valence-corrected chi connectivity index (χ1v) is 4.70. The van der Waals surface area contributed by atoms with Crippen molar-refractivity contribution < 1.29 is 0 Å². The molecule has 0 saturated heterocycles. The van der Waals surface area contributed by atoms with Gasteiger partial charge in [0, 0.05) is 0 Å². The fourth-order valence-corrected chi connectivity index (χ4v) is 2.17. The topological polar surface area (TPSA) is 48.8 Å². The van der Waals surface area contributed by atoms with Crippen molar-refractivity contribution in [1.29, 1.82) is 0 Å². The second-order valence-electron chi connectivity index (χ2n) is 3.76. The normalized spacial score (nSPS) is 39.2. The lowest BCUT2D eigenvalue weighted by Crippen LogP contribution is -2.39. The highest BCUT2D eigenvalue weighted by Crippen LogP contribution is 2.28. The van der Waals surface area contributed by atoms with Crippen LogP contribution in [0.5, 0.6) is 0 Å². The van der Waals surface area contributed by atoms with Crippen LogP contribution >= 0.6 is 0 Å². The van der Waals surface area contributed by atoms with Gasteiger partial charge in [0.05, 0.1) is 12.1 Å². The molecule has 3 unspecified atom stereocenters.